The quantitative estimate of drug-likeness (QED) is 0.637. The lowest BCUT2D eigenvalue weighted by Gasteiger charge is -2.13. The van der Waals surface area contributed by atoms with E-state index in [4.69, 9.17) is 0 Å². The number of aryl methyl sites for hydroxylation is 2. The van der Waals surface area contributed by atoms with Crippen molar-refractivity contribution in [1.29, 1.82) is 0 Å². The van der Waals surface area contributed by atoms with Gasteiger partial charge in [0.1, 0.15) is 11.6 Å². The van der Waals surface area contributed by atoms with Gasteiger partial charge in [0.25, 0.3) is 15.9 Å². The van der Waals surface area contributed by atoms with E-state index in [1.165, 1.54) is 18.2 Å². The van der Waals surface area contributed by atoms with Crippen molar-refractivity contribution in [3.63, 3.8) is 0 Å². The van der Waals surface area contributed by atoms with Gasteiger partial charge in [0, 0.05) is 17.3 Å². The summed E-state index contributed by atoms with van der Waals surface area (Å²) in [6.45, 7) is 3.44. The van der Waals surface area contributed by atoms with Crippen LogP contribution in [0.4, 0.5) is 20.2 Å². The maximum Gasteiger partial charge on any atom is 0.262 e. The zero-order valence-corrected chi connectivity index (χ0v) is 16.5. The number of halogens is 2. The number of sulfonamides is 1. The first kappa shape index (κ1) is 20.5. The lowest BCUT2D eigenvalue weighted by molar-refractivity contribution is 0.102. The summed E-state index contributed by atoms with van der Waals surface area (Å²) in [6, 6.07) is 13.7. The molecule has 0 radical (unpaired) electrons. The largest absolute Gasteiger partial charge is 0.319 e. The molecule has 0 unspecified atom stereocenters. The number of amides is 1. The first-order valence-electron chi connectivity index (χ1n) is 8.62. The maximum absolute atomic E-state index is 13.8. The predicted octanol–water partition coefficient (Wildman–Crippen LogP) is 4.63. The van der Waals surface area contributed by atoms with E-state index in [0.717, 1.165) is 17.7 Å². The van der Waals surface area contributed by atoms with E-state index in [2.05, 4.69) is 10.0 Å². The molecular weight excluding hydrogens is 398 g/mol. The van der Waals surface area contributed by atoms with Crippen molar-refractivity contribution in [3.8, 4) is 0 Å². The van der Waals surface area contributed by atoms with Gasteiger partial charge in [0.05, 0.1) is 10.6 Å². The Morgan fingerprint density at radius 3 is 2.38 bits per heavy atom. The predicted molar refractivity (Wildman–Crippen MR) is 107 cm³/mol. The molecule has 29 heavy (non-hydrogen) atoms. The number of nitrogens with one attached hydrogen (secondary N) is 2. The first-order chi connectivity index (χ1) is 13.7. The third-order valence-corrected chi connectivity index (χ3v) is 5.71. The molecule has 0 bridgehead atoms. The lowest BCUT2D eigenvalue weighted by atomic mass is 10.1. The van der Waals surface area contributed by atoms with E-state index in [1.54, 1.807) is 25.1 Å². The third-order valence-electron chi connectivity index (χ3n) is 4.19. The number of benzene rings is 3. The molecule has 3 rings (SSSR count). The van der Waals surface area contributed by atoms with Gasteiger partial charge in [0.2, 0.25) is 0 Å². The van der Waals surface area contributed by atoms with Crippen LogP contribution in [0.2, 0.25) is 0 Å². The highest BCUT2D eigenvalue weighted by molar-refractivity contribution is 7.92. The van der Waals surface area contributed by atoms with Gasteiger partial charge in [-0.25, -0.2) is 17.2 Å². The maximum atomic E-state index is 13.8. The van der Waals surface area contributed by atoms with E-state index in [0.29, 0.717) is 17.3 Å². The number of hydrogen-bond acceptors (Lipinski definition) is 3. The SMILES string of the molecule is Cc1cccc(NS(=O)(=O)c2cc(C(=O)Nc3ccc(F)cc3F)ccc2C)c1. The highest BCUT2D eigenvalue weighted by atomic mass is 32.2. The van der Waals surface area contributed by atoms with E-state index in [9.17, 15) is 22.0 Å². The molecule has 0 aromatic heterocycles. The minimum absolute atomic E-state index is 0.0175. The van der Waals surface area contributed by atoms with Gasteiger partial charge in [-0.05, 0) is 61.4 Å². The standard InChI is InChI=1S/C21H18F2N2O3S/c1-13-4-3-5-17(10-13)25-29(27,28)20-11-15(7-6-14(20)2)21(26)24-19-9-8-16(22)12-18(19)23/h3-12,25H,1-2H3,(H,24,26). The van der Waals surface area contributed by atoms with Gasteiger partial charge in [0.15, 0.2) is 0 Å². The van der Waals surface area contributed by atoms with Crippen molar-refractivity contribution in [1.82, 2.24) is 0 Å². The fourth-order valence-electron chi connectivity index (χ4n) is 2.73. The normalized spacial score (nSPS) is 11.2. The molecule has 3 aromatic rings. The molecule has 0 aliphatic carbocycles. The molecule has 150 valence electrons. The zero-order valence-electron chi connectivity index (χ0n) is 15.7. The van der Waals surface area contributed by atoms with Crippen LogP contribution >= 0.6 is 0 Å². The summed E-state index contributed by atoms with van der Waals surface area (Å²) < 4.78 is 54.9. The average Bonchev–Trinajstić information content (AvgIpc) is 2.63. The molecule has 3 aromatic carbocycles. The Morgan fingerprint density at radius 2 is 1.69 bits per heavy atom. The molecule has 0 aliphatic rings. The van der Waals surface area contributed by atoms with E-state index in [-0.39, 0.29) is 16.1 Å². The van der Waals surface area contributed by atoms with E-state index < -0.39 is 27.6 Å². The van der Waals surface area contributed by atoms with Crippen LogP contribution in [-0.2, 0) is 10.0 Å². The highest BCUT2D eigenvalue weighted by Gasteiger charge is 2.20. The summed E-state index contributed by atoms with van der Waals surface area (Å²) >= 11 is 0. The molecule has 0 heterocycles. The Balaban J connectivity index is 1.89. The van der Waals surface area contributed by atoms with Crippen molar-refractivity contribution in [2.45, 2.75) is 18.7 Å². The summed E-state index contributed by atoms with van der Waals surface area (Å²) in [7, 11) is -3.96. The van der Waals surface area contributed by atoms with Gasteiger partial charge in [-0.1, -0.05) is 18.2 Å². The summed E-state index contributed by atoms with van der Waals surface area (Å²) in [4.78, 5) is 12.4. The van der Waals surface area contributed by atoms with Crippen molar-refractivity contribution >= 4 is 27.3 Å². The Labute approximate surface area is 167 Å². The van der Waals surface area contributed by atoms with Gasteiger partial charge in [-0.3, -0.25) is 9.52 Å². The average molecular weight is 416 g/mol. The number of carbonyl (C=O) groups is 1. The van der Waals surface area contributed by atoms with Crippen LogP contribution in [0.25, 0.3) is 0 Å². The van der Waals surface area contributed by atoms with Crippen LogP contribution in [0.15, 0.2) is 65.6 Å². The molecule has 5 nitrogen and oxygen atoms in total. The van der Waals surface area contributed by atoms with Crippen LogP contribution in [0.1, 0.15) is 21.5 Å². The lowest BCUT2D eigenvalue weighted by Crippen LogP contribution is -2.17. The Bertz CT molecular complexity index is 1190. The van der Waals surface area contributed by atoms with Crippen LogP contribution in [0.5, 0.6) is 0 Å². The minimum atomic E-state index is -3.96. The molecular formula is C21H18F2N2O3S. The molecule has 8 heteroatoms. The third kappa shape index (κ3) is 4.78. The second-order valence-corrected chi connectivity index (χ2v) is 8.18. The van der Waals surface area contributed by atoms with Crippen LogP contribution in [-0.4, -0.2) is 14.3 Å². The number of hydrogen-bond donors (Lipinski definition) is 2. The van der Waals surface area contributed by atoms with Crippen LogP contribution in [0.3, 0.4) is 0 Å². The van der Waals surface area contributed by atoms with Gasteiger partial charge < -0.3 is 5.32 Å². The molecule has 0 saturated carbocycles. The van der Waals surface area contributed by atoms with Crippen LogP contribution < -0.4 is 10.0 Å². The first-order valence-corrected chi connectivity index (χ1v) is 10.1. The molecule has 0 saturated heterocycles. The summed E-state index contributed by atoms with van der Waals surface area (Å²) in [5.74, 6) is -2.42. The van der Waals surface area contributed by atoms with Gasteiger partial charge in [-0.2, -0.15) is 0 Å². The molecule has 1 amide bonds. The van der Waals surface area contributed by atoms with E-state index >= 15 is 0 Å². The van der Waals surface area contributed by atoms with Crippen molar-refractivity contribution < 1.29 is 22.0 Å². The monoisotopic (exact) mass is 416 g/mol. The Morgan fingerprint density at radius 1 is 0.931 bits per heavy atom. The molecule has 2 N–H and O–H groups in total. The minimum Gasteiger partial charge on any atom is -0.319 e. The fourth-order valence-corrected chi connectivity index (χ4v) is 4.06. The van der Waals surface area contributed by atoms with Gasteiger partial charge in [-0.15, -0.1) is 0 Å². The van der Waals surface area contributed by atoms with Crippen molar-refractivity contribution in [3.05, 3.63) is 89.0 Å². The number of carbonyl (C=O) groups excluding carboxylic acids is 1. The summed E-state index contributed by atoms with van der Waals surface area (Å²) in [6.07, 6.45) is 0. The number of anilines is 2. The summed E-state index contributed by atoms with van der Waals surface area (Å²) in [5.41, 5.74) is 1.53. The van der Waals surface area contributed by atoms with Crippen molar-refractivity contribution in [2.24, 2.45) is 0 Å². The smallest absolute Gasteiger partial charge is 0.262 e. The zero-order chi connectivity index (χ0) is 21.2. The Hall–Kier alpha value is -3.26. The van der Waals surface area contributed by atoms with Gasteiger partial charge >= 0.3 is 0 Å². The van der Waals surface area contributed by atoms with E-state index in [1.807, 2.05) is 13.0 Å². The molecule has 0 aliphatic heterocycles. The van der Waals surface area contributed by atoms with Crippen LogP contribution in [0, 0.1) is 25.5 Å². The summed E-state index contributed by atoms with van der Waals surface area (Å²) in [5, 5.41) is 2.31. The molecule has 0 atom stereocenters. The fraction of sp³-hybridized carbons (Fsp3) is 0.0952. The second-order valence-electron chi connectivity index (χ2n) is 6.53. The Kier molecular flexibility index (Phi) is 5.65. The highest BCUT2D eigenvalue weighted by Crippen LogP contribution is 2.23. The topological polar surface area (TPSA) is 75.3 Å². The number of rotatable bonds is 5. The second kappa shape index (κ2) is 8.00. The molecule has 0 fully saturated rings. The van der Waals surface area contributed by atoms with Crippen molar-refractivity contribution in [2.75, 3.05) is 10.0 Å². The molecule has 0 spiro atoms.